The fraction of sp³-hybridized carbons (Fsp3) is 0.471. The summed E-state index contributed by atoms with van der Waals surface area (Å²) in [6, 6.07) is 8.52. The Morgan fingerprint density at radius 3 is 3.05 bits per heavy atom. The van der Waals surface area contributed by atoms with Crippen LogP contribution in [-0.2, 0) is 24.2 Å². The number of nitrogens with zero attached hydrogens (tertiary/aromatic N) is 3. The Kier molecular flexibility index (Phi) is 4.22. The molecule has 2 heterocycles. The van der Waals surface area contributed by atoms with Gasteiger partial charge in [0, 0.05) is 25.4 Å². The second kappa shape index (κ2) is 6.30. The maximum atomic E-state index is 12.2. The van der Waals surface area contributed by atoms with Gasteiger partial charge in [-0.2, -0.15) is 0 Å². The topological polar surface area (TPSA) is 59.8 Å². The number of carbonyl (C=O) groups is 1. The zero-order chi connectivity index (χ0) is 15.5. The number of hydrogen-bond acceptors (Lipinski definition) is 3. The molecule has 22 heavy (non-hydrogen) atoms. The lowest BCUT2D eigenvalue weighted by molar-refractivity contribution is -0.122. The van der Waals surface area contributed by atoms with Crippen molar-refractivity contribution in [1.29, 1.82) is 0 Å². The van der Waals surface area contributed by atoms with Gasteiger partial charge in [0.05, 0.1) is 0 Å². The summed E-state index contributed by atoms with van der Waals surface area (Å²) >= 11 is 0. The second-order valence-electron chi connectivity index (χ2n) is 6.07. The van der Waals surface area contributed by atoms with Gasteiger partial charge >= 0.3 is 0 Å². The molecule has 1 amide bonds. The Morgan fingerprint density at radius 1 is 1.36 bits per heavy atom. The first-order valence-electron chi connectivity index (χ1n) is 7.85. The van der Waals surface area contributed by atoms with Gasteiger partial charge < -0.3 is 9.88 Å². The van der Waals surface area contributed by atoms with E-state index in [-0.39, 0.29) is 11.9 Å². The summed E-state index contributed by atoms with van der Waals surface area (Å²) < 4.78 is 2.11. The van der Waals surface area contributed by atoms with Crippen LogP contribution in [-0.4, -0.2) is 26.7 Å². The number of fused-ring (bicyclic) bond motifs is 1. The third-order valence-electron chi connectivity index (χ3n) is 4.22. The number of nitrogens with one attached hydrogen (secondary N) is 1. The van der Waals surface area contributed by atoms with Crippen molar-refractivity contribution < 1.29 is 4.79 Å². The Balaban J connectivity index is 1.51. The molecule has 0 unspecified atom stereocenters. The molecule has 0 fully saturated rings. The molecule has 0 spiro atoms. The average molecular weight is 298 g/mol. The SMILES string of the molecule is Cc1cccc(CCC(=O)N[C@@H]2CCc3nnc(C)n3C2)c1. The quantitative estimate of drug-likeness (QED) is 0.938. The number of hydrogen-bond donors (Lipinski definition) is 1. The van der Waals surface area contributed by atoms with Gasteiger partial charge in [-0.3, -0.25) is 4.79 Å². The third-order valence-corrected chi connectivity index (χ3v) is 4.22. The Morgan fingerprint density at radius 2 is 2.23 bits per heavy atom. The number of rotatable bonds is 4. The molecule has 0 radical (unpaired) electrons. The minimum atomic E-state index is 0.126. The summed E-state index contributed by atoms with van der Waals surface area (Å²) in [7, 11) is 0. The van der Waals surface area contributed by atoms with Crippen LogP contribution >= 0.6 is 0 Å². The van der Waals surface area contributed by atoms with E-state index in [2.05, 4.69) is 45.2 Å². The maximum absolute atomic E-state index is 12.2. The molecule has 1 aromatic carbocycles. The summed E-state index contributed by atoms with van der Waals surface area (Å²) in [5.41, 5.74) is 2.46. The van der Waals surface area contributed by atoms with Gasteiger partial charge in [0.25, 0.3) is 0 Å². The van der Waals surface area contributed by atoms with Crippen LogP contribution in [0.1, 0.15) is 35.6 Å². The second-order valence-corrected chi connectivity index (χ2v) is 6.07. The van der Waals surface area contributed by atoms with Gasteiger partial charge in [-0.25, -0.2) is 0 Å². The first kappa shape index (κ1) is 14.8. The molecule has 1 aromatic heterocycles. The highest BCUT2D eigenvalue weighted by atomic mass is 16.1. The summed E-state index contributed by atoms with van der Waals surface area (Å²) in [4.78, 5) is 12.2. The van der Waals surface area contributed by atoms with Crippen LogP contribution in [0.3, 0.4) is 0 Å². The minimum absolute atomic E-state index is 0.126. The van der Waals surface area contributed by atoms with E-state index in [0.29, 0.717) is 6.42 Å². The fourth-order valence-electron chi connectivity index (χ4n) is 3.01. The van der Waals surface area contributed by atoms with Crippen LogP contribution in [0, 0.1) is 13.8 Å². The van der Waals surface area contributed by atoms with Crippen molar-refractivity contribution in [2.45, 2.75) is 52.1 Å². The number of amides is 1. The standard InChI is InChI=1S/C17H22N4O/c1-12-4-3-5-14(10-12)6-9-17(22)18-15-7-8-16-20-19-13(2)21(16)11-15/h3-5,10,15H,6-9,11H2,1-2H3,(H,18,22)/t15-/m1/s1. The van der Waals surface area contributed by atoms with Crippen LogP contribution in [0.25, 0.3) is 0 Å². The molecular formula is C17H22N4O. The van der Waals surface area contributed by atoms with Gasteiger partial charge in [-0.15, -0.1) is 10.2 Å². The molecule has 2 aromatic rings. The Bertz CT molecular complexity index is 677. The van der Waals surface area contributed by atoms with Crippen molar-refractivity contribution in [2.24, 2.45) is 0 Å². The lowest BCUT2D eigenvalue weighted by Crippen LogP contribution is -2.41. The van der Waals surface area contributed by atoms with E-state index in [4.69, 9.17) is 0 Å². The Labute approximate surface area is 130 Å². The van der Waals surface area contributed by atoms with Crippen LogP contribution < -0.4 is 5.32 Å². The van der Waals surface area contributed by atoms with E-state index < -0.39 is 0 Å². The van der Waals surface area contributed by atoms with E-state index in [0.717, 1.165) is 37.5 Å². The smallest absolute Gasteiger partial charge is 0.220 e. The first-order valence-corrected chi connectivity index (χ1v) is 7.85. The summed E-state index contributed by atoms with van der Waals surface area (Å²) in [5.74, 6) is 2.08. The number of aromatic nitrogens is 3. The molecule has 0 saturated carbocycles. The largest absolute Gasteiger partial charge is 0.352 e. The van der Waals surface area contributed by atoms with Gasteiger partial charge in [0.2, 0.25) is 5.91 Å². The normalized spacial score (nSPS) is 17.1. The van der Waals surface area contributed by atoms with Crippen molar-refractivity contribution in [3.63, 3.8) is 0 Å². The molecule has 0 bridgehead atoms. The minimum Gasteiger partial charge on any atom is -0.352 e. The summed E-state index contributed by atoms with van der Waals surface area (Å²) in [6.45, 7) is 4.81. The first-order chi connectivity index (χ1) is 10.6. The van der Waals surface area contributed by atoms with Crippen molar-refractivity contribution in [2.75, 3.05) is 0 Å². The molecule has 116 valence electrons. The summed E-state index contributed by atoms with van der Waals surface area (Å²) in [6.07, 6.45) is 3.14. The zero-order valence-electron chi connectivity index (χ0n) is 13.2. The van der Waals surface area contributed by atoms with Crippen LogP contribution in [0.15, 0.2) is 24.3 Å². The molecule has 0 aliphatic carbocycles. The highest BCUT2D eigenvalue weighted by Gasteiger charge is 2.22. The number of benzene rings is 1. The van der Waals surface area contributed by atoms with Crippen LogP contribution in [0.2, 0.25) is 0 Å². The number of aryl methyl sites for hydroxylation is 4. The zero-order valence-corrected chi connectivity index (χ0v) is 13.2. The molecule has 3 rings (SSSR count). The number of carbonyl (C=O) groups excluding carboxylic acids is 1. The van der Waals surface area contributed by atoms with E-state index in [1.165, 1.54) is 11.1 Å². The van der Waals surface area contributed by atoms with Crippen LogP contribution in [0.5, 0.6) is 0 Å². The van der Waals surface area contributed by atoms with Gasteiger partial charge in [-0.1, -0.05) is 29.8 Å². The molecule has 0 saturated heterocycles. The summed E-state index contributed by atoms with van der Waals surface area (Å²) in [5, 5.41) is 11.4. The monoisotopic (exact) mass is 298 g/mol. The van der Waals surface area contributed by atoms with E-state index in [1.807, 2.05) is 13.0 Å². The molecule has 1 N–H and O–H groups in total. The van der Waals surface area contributed by atoms with Crippen molar-refractivity contribution in [3.8, 4) is 0 Å². The maximum Gasteiger partial charge on any atom is 0.220 e. The molecule has 1 aliphatic heterocycles. The predicted octanol–water partition coefficient (Wildman–Crippen LogP) is 1.96. The van der Waals surface area contributed by atoms with Gasteiger partial charge in [-0.05, 0) is 32.3 Å². The highest BCUT2D eigenvalue weighted by Crippen LogP contribution is 2.15. The average Bonchev–Trinajstić information content (AvgIpc) is 2.87. The molecule has 1 aliphatic rings. The van der Waals surface area contributed by atoms with E-state index in [1.54, 1.807) is 0 Å². The fourth-order valence-corrected chi connectivity index (χ4v) is 3.01. The van der Waals surface area contributed by atoms with E-state index in [9.17, 15) is 4.79 Å². The molecule has 5 nitrogen and oxygen atoms in total. The molecule has 5 heteroatoms. The third kappa shape index (κ3) is 3.35. The molecule has 1 atom stereocenters. The van der Waals surface area contributed by atoms with Gasteiger partial charge in [0.1, 0.15) is 11.6 Å². The highest BCUT2D eigenvalue weighted by molar-refractivity contribution is 5.76. The van der Waals surface area contributed by atoms with Crippen molar-refractivity contribution in [1.82, 2.24) is 20.1 Å². The van der Waals surface area contributed by atoms with Crippen LogP contribution in [0.4, 0.5) is 0 Å². The van der Waals surface area contributed by atoms with Crippen molar-refractivity contribution in [3.05, 3.63) is 47.0 Å². The lowest BCUT2D eigenvalue weighted by Gasteiger charge is -2.25. The van der Waals surface area contributed by atoms with E-state index >= 15 is 0 Å². The van der Waals surface area contributed by atoms with Gasteiger partial charge in [0.15, 0.2) is 0 Å². The Hall–Kier alpha value is -2.17. The lowest BCUT2D eigenvalue weighted by atomic mass is 10.0. The molecular weight excluding hydrogens is 276 g/mol. The van der Waals surface area contributed by atoms with Crippen molar-refractivity contribution >= 4 is 5.91 Å². The predicted molar refractivity (Wildman–Crippen MR) is 84.5 cm³/mol.